The molecular formula is C22H25F4N3. The quantitative estimate of drug-likeness (QED) is 0.660. The number of nitrogens with zero attached hydrogens (tertiary/aromatic N) is 2. The highest BCUT2D eigenvalue weighted by Crippen LogP contribution is 2.38. The Morgan fingerprint density at radius 1 is 1.31 bits per heavy atom. The fourth-order valence-corrected chi connectivity index (χ4v) is 3.54. The maximum atomic E-state index is 14.5. The number of halogens is 4. The number of alkyl halides is 4. The van der Waals surface area contributed by atoms with Crippen molar-refractivity contribution in [3.05, 3.63) is 48.3 Å². The van der Waals surface area contributed by atoms with Crippen molar-refractivity contribution in [2.75, 3.05) is 25.5 Å². The zero-order valence-electron chi connectivity index (χ0n) is 16.8. The van der Waals surface area contributed by atoms with Crippen LogP contribution in [0.4, 0.5) is 23.2 Å². The molecule has 0 aliphatic carbocycles. The average Bonchev–Trinajstić information content (AvgIpc) is 2.67. The Labute approximate surface area is 168 Å². The van der Waals surface area contributed by atoms with Gasteiger partial charge >= 0.3 is 6.18 Å². The number of hydrogen-bond donors (Lipinski definition) is 1. The van der Waals surface area contributed by atoms with Gasteiger partial charge in [0.1, 0.15) is 6.17 Å². The van der Waals surface area contributed by atoms with E-state index >= 15 is 0 Å². The number of hydrogen-bond acceptors (Lipinski definition) is 3. The number of pyridine rings is 1. The molecule has 2 aromatic rings. The van der Waals surface area contributed by atoms with Crippen LogP contribution in [0.1, 0.15) is 31.7 Å². The van der Waals surface area contributed by atoms with Crippen LogP contribution in [0.15, 0.2) is 36.9 Å². The molecule has 1 fully saturated rings. The van der Waals surface area contributed by atoms with E-state index < -0.39 is 24.0 Å². The molecule has 1 aliphatic heterocycles. The van der Waals surface area contributed by atoms with Crippen molar-refractivity contribution in [3.63, 3.8) is 0 Å². The lowest BCUT2D eigenvalue weighted by Crippen LogP contribution is -2.46. The number of fused-ring (bicyclic) bond motifs is 1. The first kappa shape index (κ1) is 21.3. The molecule has 3 nitrogen and oxygen atoms in total. The van der Waals surface area contributed by atoms with Crippen molar-refractivity contribution >= 4 is 27.6 Å². The number of aromatic nitrogens is 1. The third-order valence-corrected chi connectivity index (χ3v) is 5.43. The van der Waals surface area contributed by atoms with Gasteiger partial charge in [-0.25, -0.2) is 9.37 Å². The van der Waals surface area contributed by atoms with E-state index in [1.54, 1.807) is 44.2 Å². The average molecular weight is 407 g/mol. The summed E-state index contributed by atoms with van der Waals surface area (Å²) in [6, 6.07) is 6.37. The van der Waals surface area contributed by atoms with E-state index in [-0.39, 0.29) is 5.69 Å². The minimum Gasteiger partial charge on any atom is -0.379 e. The predicted molar refractivity (Wildman–Crippen MR) is 111 cm³/mol. The molecule has 29 heavy (non-hydrogen) atoms. The van der Waals surface area contributed by atoms with Gasteiger partial charge in [0.05, 0.1) is 23.0 Å². The van der Waals surface area contributed by atoms with Crippen molar-refractivity contribution in [1.29, 1.82) is 0 Å². The summed E-state index contributed by atoms with van der Waals surface area (Å²) in [7, 11) is 1.87. The zero-order valence-corrected chi connectivity index (χ0v) is 16.8. The summed E-state index contributed by atoms with van der Waals surface area (Å²) in [5.74, 6) is 0. The van der Waals surface area contributed by atoms with Crippen LogP contribution in [0.5, 0.6) is 0 Å². The zero-order chi connectivity index (χ0) is 21.3. The van der Waals surface area contributed by atoms with Crippen LogP contribution in [0, 0.1) is 0 Å². The monoisotopic (exact) mass is 407 g/mol. The third kappa shape index (κ3) is 4.45. The van der Waals surface area contributed by atoms with E-state index in [9.17, 15) is 17.6 Å². The number of likely N-dealkylation sites (tertiary alicyclic amines) is 1. The topological polar surface area (TPSA) is 28.2 Å². The van der Waals surface area contributed by atoms with Crippen LogP contribution in [-0.2, 0) is 0 Å². The normalized spacial score (nSPS) is 21.4. The van der Waals surface area contributed by atoms with E-state index in [4.69, 9.17) is 0 Å². The number of allylic oxidation sites excluding steroid dienone is 3. The van der Waals surface area contributed by atoms with E-state index in [1.165, 1.54) is 0 Å². The van der Waals surface area contributed by atoms with Crippen molar-refractivity contribution in [2.45, 2.75) is 38.7 Å². The summed E-state index contributed by atoms with van der Waals surface area (Å²) < 4.78 is 54.8. The van der Waals surface area contributed by atoms with E-state index in [1.807, 2.05) is 11.9 Å². The Morgan fingerprint density at radius 2 is 2.03 bits per heavy atom. The van der Waals surface area contributed by atoms with Gasteiger partial charge in [-0.05, 0) is 45.0 Å². The van der Waals surface area contributed by atoms with Gasteiger partial charge in [-0.15, -0.1) is 0 Å². The highest BCUT2D eigenvalue weighted by Gasteiger charge is 2.35. The fraction of sp³-hybridized carbons (Fsp3) is 0.409. The van der Waals surface area contributed by atoms with Crippen LogP contribution in [0.2, 0.25) is 0 Å². The predicted octanol–water partition coefficient (Wildman–Crippen LogP) is 5.69. The molecule has 1 saturated heterocycles. The first-order valence-corrected chi connectivity index (χ1v) is 9.54. The lowest BCUT2D eigenvalue weighted by atomic mass is 9.98. The summed E-state index contributed by atoms with van der Waals surface area (Å²) in [5, 5.41) is 4.14. The second kappa shape index (κ2) is 8.14. The van der Waals surface area contributed by atoms with Crippen molar-refractivity contribution in [1.82, 2.24) is 9.88 Å². The Morgan fingerprint density at radius 3 is 2.66 bits per heavy atom. The molecular weight excluding hydrogens is 382 g/mol. The molecule has 0 unspecified atom stereocenters. The number of nitrogens with one attached hydrogen (secondary N) is 1. The molecule has 0 spiro atoms. The SMILES string of the molecule is C=C(c1nc(/C(C)=C/C)cc2c(N[C@@H]3CCN(C)C[C@@H]3F)cccc12)C(F)(F)F. The summed E-state index contributed by atoms with van der Waals surface area (Å²) in [6.45, 7) is 7.91. The molecule has 156 valence electrons. The van der Waals surface area contributed by atoms with Gasteiger partial charge in [-0.2, -0.15) is 13.2 Å². The van der Waals surface area contributed by atoms with E-state index in [0.29, 0.717) is 35.1 Å². The Balaban J connectivity index is 2.14. The Hall–Kier alpha value is -2.41. The van der Waals surface area contributed by atoms with Crippen LogP contribution in [0.3, 0.4) is 0 Å². The van der Waals surface area contributed by atoms with Gasteiger partial charge in [0.15, 0.2) is 0 Å². The van der Waals surface area contributed by atoms with Gasteiger partial charge in [-0.1, -0.05) is 24.8 Å². The second-order valence-electron chi connectivity index (χ2n) is 7.52. The largest absolute Gasteiger partial charge is 0.417 e. The molecule has 3 rings (SSSR count). The molecule has 1 aliphatic rings. The lowest BCUT2D eigenvalue weighted by molar-refractivity contribution is -0.0688. The van der Waals surface area contributed by atoms with Crippen LogP contribution < -0.4 is 5.32 Å². The first-order chi connectivity index (χ1) is 13.6. The summed E-state index contributed by atoms with van der Waals surface area (Å²) >= 11 is 0. The third-order valence-electron chi connectivity index (χ3n) is 5.43. The summed E-state index contributed by atoms with van der Waals surface area (Å²) in [6.07, 6.45) is -3.25. The number of anilines is 1. The first-order valence-electron chi connectivity index (χ1n) is 9.54. The molecule has 0 saturated carbocycles. The van der Waals surface area contributed by atoms with Crippen molar-refractivity contribution < 1.29 is 17.6 Å². The van der Waals surface area contributed by atoms with Gasteiger partial charge in [0, 0.05) is 29.5 Å². The van der Waals surface area contributed by atoms with E-state index in [0.717, 1.165) is 12.1 Å². The smallest absolute Gasteiger partial charge is 0.379 e. The number of rotatable bonds is 4. The molecule has 0 bridgehead atoms. The molecule has 7 heteroatoms. The van der Waals surface area contributed by atoms with Gasteiger partial charge in [0.25, 0.3) is 0 Å². The highest BCUT2D eigenvalue weighted by molar-refractivity contribution is 6.01. The van der Waals surface area contributed by atoms with Crippen LogP contribution >= 0.6 is 0 Å². The molecule has 2 heterocycles. The standard InChI is InChI=1S/C22H25F4N3/c1-5-13(2)20-11-16-15(21(28-20)14(3)22(24,25)26)7-6-8-18(16)27-19-9-10-29(4)12-17(19)23/h5-8,11,17,19,27H,3,9-10,12H2,1-2,4H3/b13-5+/t17-,19+/m0/s1. The highest BCUT2D eigenvalue weighted by atomic mass is 19.4. The summed E-state index contributed by atoms with van der Waals surface area (Å²) in [5.41, 5.74) is 0.599. The molecule has 0 amide bonds. The van der Waals surface area contributed by atoms with Crippen molar-refractivity contribution in [3.8, 4) is 0 Å². The summed E-state index contributed by atoms with van der Waals surface area (Å²) in [4.78, 5) is 6.18. The van der Waals surface area contributed by atoms with Crippen LogP contribution in [-0.4, -0.2) is 48.4 Å². The molecule has 0 radical (unpaired) electrons. The molecule has 1 aromatic heterocycles. The number of piperidine rings is 1. The second-order valence-corrected chi connectivity index (χ2v) is 7.52. The fourth-order valence-electron chi connectivity index (χ4n) is 3.54. The molecule has 1 N–H and O–H groups in total. The van der Waals surface area contributed by atoms with Crippen LogP contribution in [0.25, 0.3) is 21.9 Å². The van der Waals surface area contributed by atoms with E-state index in [2.05, 4.69) is 16.9 Å². The minimum absolute atomic E-state index is 0.199. The minimum atomic E-state index is -4.59. The lowest BCUT2D eigenvalue weighted by Gasteiger charge is -2.33. The maximum Gasteiger partial charge on any atom is 0.417 e. The van der Waals surface area contributed by atoms with Gasteiger partial charge in [-0.3, -0.25) is 0 Å². The van der Waals surface area contributed by atoms with Gasteiger partial charge in [0.2, 0.25) is 0 Å². The van der Waals surface area contributed by atoms with Gasteiger partial charge < -0.3 is 10.2 Å². The molecule has 2 atom stereocenters. The Bertz CT molecular complexity index is 949. The van der Waals surface area contributed by atoms with Crippen molar-refractivity contribution in [2.24, 2.45) is 0 Å². The maximum absolute atomic E-state index is 14.5. The number of benzene rings is 1. The Kier molecular flexibility index (Phi) is 5.98. The molecule has 1 aromatic carbocycles.